The Morgan fingerprint density at radius 3 is 2.64 bits per heavy atom. The molecule has 126 valence electrons. The van der Waals surface area contributed by atoms with E-state index < -0.39 is 5.41 Å². The van der Waals surface area contributed by atoms with Gasteiger partial charge in [0.1, 0.15) is 6.07 Å². The van der Waals surface area contributed by atoms with Crippen LogP contribution < -0.4 is 0 Å². The minimum atomic E-state index is -0.551. The molecule has 2 atom stereocenters. The van der Waals surface area contributed by atoms with E-state index in [-0.39, 0.29) is 22.7 Å². The Morgan fingerprint density at radius 1 is 1.24 bits per heavy atom. The quantitative estimate of drug-likeness (QED) is 0.860. The number of nitrogens with one attached hydrogen (secondary N) is 1. The van der Waals surface area contributed by atoms with Gasteiger partial charge in [0.25, 0.3) is 0 Å². The molecule has 0 amide bonds. The lowest BCUT2D eigenvalue weighted by atomic mass is 9.52. The number of fused-ring (bicyclic) bond motifs is 3. The van der Waals surface area contributed by atoms with Gasteiger partial charge >= 0.3 is 0 Å². The number of hydrogen-bond acceptors (Lipinski definition) is 3. The maximum absolute atomic E-state index is 12.7. The molecule has 0 saturated carbocycles. The van der Waals surface area contributed by atoms with E-state index >= 15 is 0 Å². The first kappa shape index (κ1) is 15.8. The van der Waals surface area contributed by atoms with Crippen molar-refractivity contribution >= 4 is 5.78 Å². The van der Waals surface area contributed by atoms with Gasteiger partial charge in [-0.1, -0.05) is 57.2 Å². The zero-order valence-electron chi connectivity index (χ0n) is 14.8. The summed E-state index contributed by atoms with van der Waals surface area (Å²) in [6.07, 6.45) is 3.68. The second-order valence-corrected chi connectivity index (χ2v) is 7.89. The molecule has 2 unspecified atom stereocenters. The van der Waals surface area contributed by atoms with Crippen molar-refractivity contribution in [2.45, 2.75) is 39.0 Å². The van der Waals surface area contributed by atoms with Gasteiger partial charge in [-0.15, -0.1) is 0 Å². The van der Waals surface area contributed by atoms with Gasteiger partial charge in [-0.2, -0.15) is 10.4 Å². The fourth-order valence-corrected chi connectivity index (χ4v) is 4.89. The molecule has 0 fully saturated rings. The largest absolute Gasteiger partial charge is 0.293 e. The molecular weight excluding hydrogens is 310 g/mol. The molecule has 0 spiro atoms. The molecule has 2 aliphatic carbocycles. The molecule has 4 heteroatoms. The number of ketones is 1. The van der Waals surface area contributed by atoms with Gasteiger partial charge in [0.15, 0.2) is 5.78 Å². The number of hydrogen-bond donors (Lipinski definition) is 1. The number of aromatic amines is 1. The van der Waals surface area contributed by atoms with Crippen LogP contribution in [0.1, 0.15) is 38.4 Å². The number of allylic oxidation sites excluding steroid dienone is 2. The maximum Gasteiger partial charge on any atom is 0.178 e. The summed E-state index contributed by atoms with van der Waals surface area (Å²) in [5, 5.41) is 17.3. The lowest BCUT2D eigenvalue weighted by Crippen LogP contribution is -2.51. The number of Topliss-reactive ketones (excluding diaryl/α,β-unsaturated/α-hetero) is 1. The molecule has 25 heavy (non-hydrogen) atoms. The van der Waals surface area contributed by atoms with Crippen LogP contribution in [0.15, 0.2) is 42.0 Å². The van der Waals surface area contributed by atoms with Crippen LogP contribution in [0.5, 0.6) is 0 Å². The van der Waals surface area contributed by atoms with Crippen LogP contribution in [0.4, 0.5) is 0 Å². The molecule has 0 saturated heterocycles. The fraction of sp³-hybridized carbons (Fsp3) is 0.381. The van der Waals surface area contributed by atoms with E-state index in [1.54, 1.807) is 0 Å². The smallest absolute Gasteiger partial charge is 0.178 e. The van der Waals surface area contributed by atoms with E-state index in [0.29, 0.717) is 0 Å². The molecular formula is C21H21N3O. The van der Waals surface area contributed by atoms with Crippen molar-refractivity contribution in [2.75, 3.05) is 0 Å². The van der Waals surface area contributed by atoms with Crippen LogP contribution in [0.3, 0.4) is 0 Å². The summed E-state index contributed by atoms with van der Waals surface area (Å²) in [4.78, 5) is 12.7. The number of aromatic nitrogens is 2. The van der Waals surface area contributed by atoms with E-state index in [0.717, 1.165) is 29.8 Å². The first-order chi connectivity index (χ1) is 11.9. The van der Waals surface area contributed by atoms with Crippen molar-refractivity contribution in [2.24, 2.45) is 11.3 Å². The molecule has 2 aliphatic rings. The van der Waals surface area contributed by atoms with Gasteiger partial charge in [0.2, 0.25) is 0 Å². The average Bonchev–Trinajstić information content (AvgIpc) is 3.04. The third kappa shape index (κ3) is 2.05. The Kier molecular flexibility index (Phi) is 3.27. The van der Waals surface area contributed by atoms with E-state index in [2.05, 4.69) is 35.3 Å². The van der Waals surface area contributed by atoms with E-state index in [1.165, 1.54) is 5.56 Å². The molecule has 1 heterocycles. The van der Waals surface area contributed by atoms with Crippen molar-refractivity contribution < 1.29 is 4.79 Å². The third-order valence-electron chi connectivity index (χ3n) is 6.13. The first-order valence-electron chi connectivity index (χ1n) is 8.70. The number of benzene rings is 1. The van der Waals surface area contributed by atoms with Crippen LogP contribution in [0.25, 0.3) is 11.3 Å². The molecule has 1 aromatic heterocycles. The Balaban J connectivity index is 1.92. The normalized spacial score (nSPS) is 27.0. The molecule has 4 nitrogen and oxygen atoms in total. The van der Waals surface area contributed by atoms with Gasteiger partial charge < -0.3 is 0 Å². The summed E-state index contributed by atoms with van der Waals surface area (Å²) >= 11 is 0. The number of rotatable bonds is 1. The van der Waals surface area contributed by atoms with Crippen molar-refractivity contribution in [1.82, 2.24) is 10.2 Å². The van der Waals surface area contributed by atoms with E-state index in [4.69, 9.17) is 0 Å². The Bertz CT molecular complexity index is 930. The molecule has 0 aliphatic heterocycles. The molecule has 1 aromatic carbocycles. The summed E-state index contributed by atoms with van der Waals surface area (Å²) in [5.74, 6) is 0.116. The summed E-state index contributed by atoms with van der Waals surface area (Å²) in [7, 11) is 0. The molecule has 0 radical (unpaired) electrons. The number of nitriles is 1. The minimum Gasteiger partial charge on any atom is -0.293 e. The highest BCUT2D eigenvalue weighted by molar-refractivity contribution is 6.04. The topological polar surface area (TPSA) is 69.5 Å². The van der Waals surface area contributed by atoms with Gasteiger partial charge in [-0.05, 0) is 18.8 Å². The zero-order chi connectivity index (χ0) is 17.8. The SMILES string of the molecule is CC1(C)C(=O)C(C#N)=CC2(C)c3[nH]nc(-c4ccccc4)c3CCC12. The molecule has 0 bridgehead atoms. The monoisotopic (exact) mass is 331 g/mol. The van der Waals surface area contributed by atoms with Crippen LogP contribution >= 0.6 is 0 Å². The van der Waals surface area contributed by atoms with E-state index in [1.807, 2.05) is 38.1 Å². The lowest BCUT2D eigenvalue weighted by Gasteiger charge is -2.49. The summed E-state index contributed by atoms with van der Waals surface area (Å²) < 4.78 is 0. The number of H-pyrrole nitrogens is 1. The van der Waals surface area contributed by atoms with Crippen LogP contribution in [-0.2, 0) is 16.6 Å². The molecule has 1 N–H and O–H groups in total. The highest BCUT2D eigenvalue weighted by Crippen LogP contribution is 2.55. The summed E-state index contributed by atoms with van der Waals surface area (Å²) in [6, 6.07) is 12.3. The van der Waals surface area contributed by atoms with E-state index in [9.17, 15) is 10.1 Å². The predicted octanol–water partition coefficient (Wildman–Crippen LogP) is 3.96. The third-order valence-corrected chi connectivity index (χ3v) is 6.13. The second kappa shape index (κ2) is 5.16. The van der Waals surface area contributed by atoms with Crippen molar-refractivity contribution in [3.63, 3.8) is 0 Å². The Hall–Kier alpha value is -2.67. The highest BCUT2D eigenvalue weighted by atomic mass is 16.1. The van der Waals surface area contributed by atoms with Gasteiger partial charge in [-0.25, -0.2) is 0 Å². The Morgan fingerprint density at radius 2 is 1.96 bits per heavy atom. The highest BCUT2D eigenvalue weighted by Gasteiger charge is 2.54. The number of nitrogens with zero attached hydrogens (tertiary/aromatic N) is 2. The molecule has 2 aromatic rings. The minimum absolute atomic E-state index is 0.0382. The second-order valence-electron chi connectivity index (χ2n) is 7.89. The standard InChI is InChI=1S/C21H21N3O/c1-20(2)16-10-9-15-17(13-7-5-4-6-8-13)23-24-18(15)21(16,3)11-14(12-22)19(20)25/h4-8,11,16H,9-10H2,1-3H3,(H,23,24). The van der Waals surface area contributed by atoms with Gasteiger partial charge in [-0.3, -0.25) is 9.89 Å². The van der Waals surface area contributed by atoms with Gasteiger partial charge in [0, 0.05) is 27.7 Å². The lowest BCUT2D eigenvalue weighted by molar-refractivity contribution is -0.128. The predicted molar refractivity (Wildman–Crippen MR) is 95.7 cm³/mol. The summed E-state index contributed by atoms with van der Waals surface area (Å²) in [5.41, 5.74) is 3.68. The van der Waals surface area contributed by atoms with Crippen molar-refractivity contribution in [3.05, 3.63) is 53.2 Å². The molecule has 4 rings (SSSR count). The number of carbonyl (C=O) groups excluding carboxylic acids is 1. The maximum atomic E-state index is 12.7. The fourth-order valence-electron chi connectivity index (χ4n) is 4.89. The van der Waals surface area contributed by atoms with Crippen molar-refractivity contribution in [1.29, 1.82) is 5.26 Å². The number of carbonyl (C=O) groups is 1. The zero-order valence-corrected chi connectivity index (χ0v) is 14.8. The average molecular weight is 331 g/mol. The first-order valence-corrected chi connectivity index (χ1v) is 8.70. The van der Waals surface area contributed by atoms with Crippen LogP contribution in [0, 0.1) is 22.7 Å². The van der Waals surface area contributed by atoms with Crippen molar-refractivity contribution in [3.8, 4) is 17.3 Å². The summed E-state index contributed by atoms with van der Waals surface area (Å²) in [6.45, 7) is 6.08. The van der Waals surface area contributed by atoms with Gasteiger partial charge in [0.05, 0.1) is 11.3 Å². The van der Waals surface area contributed by atoms with Crippen LogP contribution in [-0.4, -0.2) is 16.0 Å². The Labute approximate surface area is 147 Å². The van der Waals surface area contributed by atoms with Crippen LogP contribution in [0.2, 0.25) is 0 Å².